The lowest BCUT2D eigenvalue weighted by atomic mass is 9.95. The van der Waals surface area contributed by atoms with Crippen LogP contribution in [-0.4, -0.2) is 47.7 Å². The maximum Gasteiger partial charge on any atom is 0.328 e. The fourth-order valence-corrected chi connectivity index (χ4v) is 5.06. The Morgan fingerprint density at radius 3 is 2.36 bits per heavy atom. The van der Waals surface area contributed by atoms with E-state index in [-0.39, 0.29) is 12.1 Å². The van der Waals surface area contributed by atoms with Crippen LogP contribution in [0.4, 0.5) is 0 Å². The Bertz CT molecular complexity index is 995. The molecule has 1 aliphatic heterocycles. The van der Waals surface area contributed by atoms with Gasteiger partial charge in [0.05, 0.1) is 0 Å². The lowest BCUT2D eigenvalue weighted by molar-refractivity contribution is -0.151. The van der Waals surface area contributed by atoms with Gasteiger partial charge in [0.15, 0.2) is 0 Å². The summed E-state index contributed by atoms with van der Waals surface area (Å²) in [7, 11) is 0. The number of hydrogen-bond donors (Lipinski definition) is 3. The van der Waals surface area contributed by atoms with E-state index in [9.17, 15) is 9.59 Å². The van der Waals surface area contributed by atoms with E-state index in [2.05, 4.69) is 22.3 Å². The molecule has 4 rings (SSSR count). The number of ether oxygens (including phenoxy) is 1. The van der Waals surface area contributed by atoms with Crippen LogP contribution in [-0.2, 0) is 20.9 Å². The van der Waals surface area contributed by atoms with Gasteiger partial charge in [-0.25, -0.2) is 10.3 Å². The van der Waals surface area contributed by atoms with Crippen molar-refractivity contribution in [1.82, 2.24) is 15.7 Å². The first-order chi connectivity index (χ1) is 17.6. The summed E-state index contributed by atoms with van der Waals surface area (Å²) in [4.78, 5) is 26.6. The normalized spacial score (nSPS) is 18.4. The quantitative estimate of drug-likeness (QED) is 0.199. The minimum absolute atomic E-state index is 0.0684. The zero-order chi connectivity index (χ0) is 25.2. The van der Waals surface area contributed by atoms with Gasteiger partial charge in [0.1, 0.15) is 12.1 Å². The number of piperidine rings is 1. The van der Waals surface area contributed by atoms with Crippen LogP contribution in [0.25, 0.3) is 6.08 Å². The van der Waals surface area contributed by atoms with Crippen molar-refractivity contribution < 1.29 is 19.5 Å². The first-order valence-electron chi connectivity index (χ1n) is 13.0. The number of nitrogens with one attached hydrogen (secondary N) is 2. The molecule has 1 amide bonds. The van der Waals surface area contributed by atoms with E-state index in [1.54, 1.807) is 11.6 Å². The minimum Gasteiger partial charge on any atom is -0.461 e. The Kier molecular flexibility index (Phi) is 9.67. The predicted octanol–water partition coefficient (Wildman–Crippen LogP) is 4.23. The second-order valence-electron chi connectivity index (χ2n) is 9.87. The summed E-state index contributed by atoms with van der Waals surface area (Å²) in [6.07, 6.45) is 9.45. The predicted molar refractivity (Wildman–Crippen MR) is 139 cm³/mol. The SMILES string of the molecule is O=C(C=Cc1ccc(CN2CCC(CN[C@H](C(=O)OC3CCCC3)c3ccccc3)CC2)cc1)NO. The number of likely N-dealkylation sites (tertiary alicyclic amines) is 1. The first kappa shape index (κ1) is 26.1. The van der Waals surface area contributed by atoms with Gasteiger partial charge in [-0.2, -0.15) is 0 Å². The molecule has 0 aromatic heterocycles. The summed E-state index contributed by atoms with van der Waals surface area (Å²) in [6, 6.07) is 17.6. The maximum atomic E-state index is 13.0. The van der Waals surface area contributed by atoms with Crippen molar-refractivity contribution in [2.45, 2.75) is 57.2 Å². The van der Waals surface area contributed by atoms with Crippen LogP contribution in [0.1, 0.15) is 61.3 Å². The van der Waals surface area contributed by atoms with Crippen molar-refractivity contribution in [1.29, 1.82) is 0 Å². The number of hydroxylamine groups is 1. The highest BCUT2D eigenvalue weighted by molar-refractivity contribution is 5.90. The maximum absolute atomic E-state index is 13.0. The average Bonchev–Trinajstić information content (AvgIpc) is 3.43. The molecular weight excluding hydrogens is 454 g/mol. The summed E-state index contributed by atoms with van der Waals surface area (Å²) >= 11 is 0. The molecule has 0 radical (unpaired) electrons. The Labute approximate surface area is 213 Å². The van der Waals surface area contributed by atoms with E-state index in [4.69, 9.17) is 9.94 Å². The molecule has 2 aromatic carbocycles. The third-order valence-electron chi connectivity index (χ3n) is 7.19. The molecule has 1 saturated carbocycles. The van der Waals surface area contributed by atoms with Gasteiger partial charge in [-0.05, 0) is 86.8 Å². The van der Waals surface area contributed by atoms with E-state index >= 15 is 0 Å². The van der Waals surface area contributed by atoms with Gasteiger partial charge in [0.25, 0.3) is 5.91 Å². The van der Waals surface area contributed by atoms with Crippen LogP contribution in [0, 0.1) is 5.92 Å². The van der Waals surface area contributed by atoms with E-state index in [1.807, 2.05) is 42.5 Å². The van der Waals surface area contributed by atoms with Crippen molar-refractivity contribution in [3.63, 3.8) is 0 Å². The minimum atomic E-state index is -0.544. The van der Waals surface area contributed by atoms with Gasteiger partial charge in [0.2, 0.25) is 0 Å². The van der Waals surface area contributed by atoms with Crippen LogP contribution in [0.3, 0.4) is 0 Å². The van der Waals surface area contributed by atoms with Crippen molar-refractivity contribution in [2.24, 2.45) is 5.92 Å². The van der Waals surface area contributed by atoms with Gasteiger partial charge in [-0.3, -0.25) is 14.9 Å². The molecule has 2 aliphatic rings. The van der Waals surface area contributed by atoms with E-state index in [0.29, 0.717) is 5.92 Å². The molecular formula is C29H37N3O4. The lowest BCUT2D eigenvalue weighted by Crippen LogP contribution is -2.39. The molecule has 0 spiro atoms. The van der Waals surface area contributed by atoms with E-state index in [0.717, 1.165) is 75.8 Å². The molecule has 1 saturated heterocycles. The van der Waals surface area contributed by atoms with Gasteiger partial charge < -0.3 is 10.1 Å². The fraction of sp³-hybridized carbons (Fsp3) is 0.448. The highest BCUT2D eigenvalue weighted by Gasteiger charge is 2.28. The number of carbonyl (C=O) groups is 2. The van der Waals surface area contributed by atoms with Gasteiger partial charge in [-0.1, -0.05) is 54.6 Å². The number of carbonyl (C=O) groups excluding carboxylic acids is 2. The van der Waals surface area contributed by atoms with Crippen LogP contribution in [0.2, 0.25) is 0 Å². The standard InChI is InChI=1S/C29H37N3O4/c33-27(31-35)15-14-22-10-12-24(13-11-22)21-32-18-16-23(17-19-32)20-30-28(25-6-2-1-3-7-25)29(34)36-26-8-4-5-9-26/h1-3,6-7,10-15,23,26,28,30,35H,4-5,8-9,16-21H2,(H,31,33)/t28-/m0/s1. The third-order valence-corrected chi connectivity index (χ3v) is 7.19. The molecule has 1 aliphatic carbocycles. The summed E-state index contributed by atoms with van der Waals surface area (Å²) in [5, 5.41) is 12.1. The summed E-state index contributed by atoms with van der Waals surface area (Å²) in [6.45, 7) is 3.73. The second kappa shape index (κ2) is 13.3. The molecule has 192 valence electrons. The van der Waals surface area contributed by atoms with Crippen LogP contribution in [0.5, 0.6) is 0 Å². The first-order valence-corrected chi connectivity index (χ1v) is 13.0. The largest absolute Gasteiger partial charge is 0.461 e. The summed E-state index contributed by atoms with van der Waals surface area (Å²) in [5.74, 6) is -0.171. The Hall–Kier alpha value is -3.00. The smallest absolute Gasteiger partial charge is 0.328 e. The molecule has 2 fully saturated rings. The highest BCUT2D eigenvalue weighted by atomic mass is 16.5. The molecule has 2 aromatic rings. The van der Waals surface area contributed by atoms with Gasteiger partial charge in [-0.15, -0.1) is 0 Å². The third kappa shape index (κ3) is 7.75. The average molecular weight is 492 g/mol. The Morgan fingerprint density at radius 2 is 1.69 bits per heavy atom. The molecule has 3 N–H and O–H groups in total. The van der Waals surface area contributed by atoms with Crippen molar-refractivity contribution >= 4 is 18.0 Å². The van der Waals surface area contributed by atoms with Crippen LogP contribution < -0.4 is 10.8 Å². The summed E-state index contributed by atoms with van der Waals surface area (Å²) < 4.78 is 5.85. The molecule has 7 nitrogen and oxygen atoms in total. The lowest BCUT2D eigenvalue weighted by Gasteiger charge is -2.33. The number of amides is 1. The van der Waals surface area contributed by atoms with Crippen molar-refractivity contribution in [3.05, 3.63) is 77.4 Å². The molecule has 1 atom stereocenters. The van der Waals surface area contributed by atoms with E-state index in [1.165, 1.54) is 11.6 Å². The Balaban J connectivity index is 1.24. The molecule has 36 heavy (non-hydrogen) atoms. The zero-order valence-corrected chi connectivity index (χ0v) is 20.8. The number of nitrogens with zero attached hydrogens (tertiary/aromatic N) is 1. The molecule has 1 heterocycles. The topological polar surface area (TPSA) is 90.9 Å². The number of hydrogen-bond acceptors (Lipinski definition) is 6. The number of rotatable bonds is 10. The number of esters is 1. The number of benzene rings is 2. The summed E-state index contributed by atoms with van der Waals surface area (Å²) in [5.41, 5.74) is 4.69. The molecule has 0 bridgehead atoms. The Morgan fingerprint density at radius 1 is 1.00 bits per heavy atom. The zero-order valence-electron chi connectivity index (χ0n) is 20.8. The highest BCUT2D eigenvalue weighted by Crippen LogP contribution is 2.25. The molecule has 7 heteroatoms. The van der Waals surface area contributed by atoms with Gasteiger partial charge >= 0.3 is 5.97 Å². The van der Waals surface area contributed by atoms with E-state index < -0.39 is 11.9 Å². The van der Waals surface area contributed by atoms with Gasteiger partial charge in [0, 0.05) is 12.6 Å². The monoisotopic (exact) mass is 491 g/mol. The van der Waals surface area contributed by atoms with Crippen molar-refractivity contribution in [2.75, 3.05) is 19.6 Å². The van der Waals surface area contributed by atoms with Crippen LogP contribution >= 0.6 is 0 Å². The van der Waals surface area contributed by atoms with Crippen molar-refractivity contribution in [3.8, 4) is 0 Å². The fourth-order valence-electron chi connectivity index (χ4n) is 5.06. The second-order valence-corrected chi connectivity index (χ2v) is 9.87. The van der Waals surface area contributed by atoms with Crippen LogP contribution in [0.15, 0.2) is 60.7 Å². The molecule has 0 unspecified atom stereocenters.